The van der Waals surface area contributed by atoms with E-state index in [0.717, 1.165) is 5.56 Å². The first-order valence-electron chi connectivity index (χ1n) is 6.69. The van der Waals surface area contributed by atoms with Crippen molar-refractivity contribution in [3.05, 3.63) is 33.8 Å². The summed E-state index contributed by atoms with van der Waals surface area (Å²) in [6.07, 6.45) is 0. The number of piperazine rings is 1. The minimum absolute atomic E-state index is 0.0529. The molecule has 0 radical (unpaired) electrons. The van der Waals surface area contributed by atoms with Crippen LogP contribution in [0.15, 0.2) is 18.2 Å². The Morgan fingerprint density at radius 2 is 2.24 bits per heavy atom. The van der Waals surface area contributed by atoms with Gasteiger partial charge >= 0.3 is 0 Å². The molecular weight excluding hydrogens is 313 g/mol. The van der Waals surface area contributed by atoms with Crippen molar-refractivity contribution >= 4 is 35.0 Å². The van der Waals surface area contributed by atoms with E-state index in [-0.39, 0.29) is 30.9 Å². The molecule has 1 heterocycles. The first-order chi connectivity index (χ1) is 9.95. The standard InChI is InChI=1S/C14H17Cl2N3O2/c1-9(11-3-2-10(15)6-12(11)16)18-14(21)8-19-5-4-17-13(20)7-19/h2-3,6,9H,4-5,7-8H2,1H3,(H,17,20)(H,18,21)/t9-/m1/s1. The number of nitrogens with one attached hydrogen (secondary N) is 2. The summed E-state index contributed by atoms with van der Waals surface area (Å²) in [4.78, 5) is 25.1. The van der Waals surface area contributed by atoms with Crippen molar-refractivity contribution in [2.75, 3.05) is 26.2 Å². The number of nitrogens with zero attached hydrogens (tertiary/aromatic N) is 1. The summed E-state index contributed by atoms with van der Waals surface area (Å²) >= 11 is 12.0. The minimum atomic E-state index is -0.221. The fraction of sp³-hybridized carbons (Fsp3) is 0.429. The molecule has 2 N–H and O–H groups in total. The molecule has 0 bridgehead atoms. The third-order valence-corrected chi connectivity index (χ3v) is 3.85. The predicted molar refractivity (Wildman–Crippen MR) is 82.5 cm³/mol. The van der Waals surface area contributed by atoms with E-state index in [1.807, 2.05) is 11.8 Å². The topological polar surface area (TPSA) is 61.4 Å². The van der Waals surface area contributed by atoms with Crippen molar-refractivity contribution in [2.24, 2.45) is 0 Å². The van der Waals surface area contributed by atoms with E-state index < -0.39 is 0 Å². The van der Waals surface area contributed by atoms with Crippen LogP contribution < -0.4 is 10.6 Å². The van der Waals surface area contributed by atoms with Crippen LogP contribution >= 0.6 is 23.2 Å². The molecule has 2 amide bonds. The number of rotatable bonds is 4. The third kappa shape index (κ3) is 4.59. The van der Waals surface area contributed by atoms with Crippen LogP contribution in [0.25, 0.3) is 0 Å². The number of hydrogen-bond donors (Lipinski definition) is 2. The Morgan fingerprint density at radius 3 is 2.90 bits per heavy atom. The summed E-state index contributed by atoms with van der Waals surface area (Å²) in [5, 5.41) is 6.68. The Bertz CT molecular complexity index is 551. The van der Waals surface area contributed by atoms with Gasteiger partial charge in [0.15, 0.2) is 0 Å². The highest BCUT2D eigenvalue weighted by Gasteiger charge is 2.20. The molecule has 5 nitrogen and oxygen atoms in total. The van der Waals surface area contributed by atoms with Crippen LogP contribution in [0.1, 0.15) is 18.5 Å². The summed E-state index contributed by atoms with van der Waals surface area (Å²) in [5.41, 5.74) is 0.811. The fourth-order valence-corrected chi connectivity index (χ4v) is 2.82. The largest absolute Gasteiger partial charge is 0.354 e. The lowest BCUT2D eigenvalue weighted by molar-refractivity contribution is -0.127. The number of carbonyl (C=O) groups is 2. The van der Waals surface area contributed by atoms with E-state index in [4.69, 9.17) is 23.2 Å². The van der Waals surface area contributed by atoms with E-state index in [9.17, 15) is 9.59 Å². The number of amides is 2. The lowest BCUT2D eigenvalue weighted by atomic mass is 10.1. The van der Waals surface area contributed by atoms with E-state index in [0.29, 0.717) is 23.1 Å². The summed E-state index contributed by atoms with van der Waals surface area (Å²) in [7, 11) is 0. The Balaban J connectivity index is 1.91. The van der Waals surface area contributed by atoms with E-state index in [1.165, 1.54) is 0 Å². The van der Waals surface area contributed by atoms with Gasteiger partial charge in [-0.2, -0.15) is 0 Å². The molecule has 7 heteroatoms. The second kappa shape index (κ2) is 7.11. The Labute approximate surface area is 133 Å². The maximum atomic E-state index is 12.0. The summed E-state index contributed by atoms with van der Waals surface area (Å²) in [6.45, 7) is 3.56. The highest BCUT2D eigenvalue weighted by Crippen LogP contribution is 2.25. The van der Waals surface area contributed by atoms with Gasteiger partial charge < -0.3 is 10.6 Å². The number of carbonyl (C=O) groups excluding carboxylic acids is 2. The Morgan fingerprint density at radius 1 is 1.48 bits per heavy atom. The molecule has 1 aliphatic rings. The quantitative estimate of drug-likeness (QED) is 0.882. The number of halogens is 2. The third-order valence-electron chi connectivity index (χ3n) is 3.29. The van der Waals surface area contributed by atoms with Crippen molar-refractivity contribution in [3.8, 4) is 0 Å². The number of hydrogen-bond acceptors (Lipinski definition) is 3. The highest BCUT2D eigenvalue weighted by molar-refractivity contribution is 6.35. The van der Waals surface area contributed by atoms with Crippen molar-refractivity contribution in [1.29, 1.82) is 0 Å². The average molecular weight is 330 g/mol. The molecule has 1 aromatic carbocycles. The minimum Gasteiger partial charge on any atom is -0.354 e. The van der Waals surface area contributed by atoms with Crippen LogP contribution in [0, 0.1) is 0 Å². The average Bonchev–Trinajstić information content (AvgIpc) is 2.38. The lowest BCUT2D eigenvalue weighted by Crippen LogP contribution is -2.50. The predicted octanol–water partition coefficient (Wildman–Crippen LogP) is 1.60. The van der Waals surface area contributed by atoms with Crippen molar-refractivity contribution in [1.82, 2.24) is 15.5 Å². The first kappa shape index (κ1) is 16.1. The molecule has 114 valence electrons. The van der Waals surface area contributed by atoms with Gasteiger partial charge in [-0.1, -0.05) is 29.3 Å². The van der Waals surface area contributed by atoms with Crippen LogP contribution in [0.4, 0.5) is 0 Å². The van der Waals surface area contributed by atoms with Gasteiger partial charge in [-0.3, -0.25) is 14.5 Å². The smallest absolute Gasteiger partial charge is 0.234 e. The molecule has 1 fully saturated rings. The van der Waals surface area contributed by atoms with Gasteiger partial charge in [0.05, 0.1) is 19.1 Å². The van der Waals surface area contributed by atoms with Crippen LogP contribution in [0.3, 0.4) is 0 Å². The molecule has 0 spiro atoms. The summed E-state index contributed by atoms with van der Waals surface area (Å²) < 4.78 is 0. The molecule has 2 rings (SSSR count). The van der Waals surface area contributed by atoms with Crippen LogP contribution in [-0.4, -0.2) is 42.9 Å². The molecule has 0 saturated carbocycles. The molecule has 0 unspecified atom stereocenters. The molecule has 0 aromatic heterocycles. The molecule has 0 aliphatic carbocycles. The molecule has 1 aromatic rings. The normalized spacial score (nSPS) is 17.2. The van der Waals surface area contributed by atoms with E-state index in [1.54, 1.807) is 18.2 Å². The van der Waals surface area contributed by atoms with Crippen LogP contribution in [0.5, 0.6) is 0 Å². The summed E-state index contributed by atoms with van der Waals surface area (Å²) in [5.74, 6) is -0.189. The Hall–Kier alpha value is -1.30. The maximum absolute atomic E-state index is 12.0. The van der Waals surface area contributed by atoms with Gasteiger partial charge in [0, 0.05) is 23.1 Å². The Kier molecular flexibility index (Phi) is 5.45. The highest BCUT2D eigenvalue weighted by atomic mass is 35.5. The van der Waals surface area contributed by atoms with Gasteiger partial charge in [-0.25, -0.2) is 0 Å². The van der Waals surface area contributed by atoms with E-state index >= 15 is 0 Å². The van der Waals surface area contributed by atoms with E-state index in [2.05, 4.69) is 10.6 Å². The van der Waals surface area contributed by atoms with Gasteiger partial charge in [-0.05, 0) is 24.6 Å². The van der Waals surface area contributed by atoms with Crippen molar-refractivity contribution in [3.63, 3.8) is 0 Å². The fourth-order valence-electron chi connectivity index (χ4n) is 2.25. The van der Waals surface area contributed by atoms with Gasteiger partial charge in [0.1, 0.15) is 0 Å². The molecule has 1 saturated heterocycles. The second-order valence-electron chi connectivity index (χ2n) is 5.02. The first-order valence-corrected chi connectivity index (χ1v) is 7.44. The molecule has 1 atom stereocenters. The van der Waals surface area contributed by atoms with Crippen LogP contribution in [0.2, 0.25) is 10.0 Å². The zero-order valence-corrected chi connectivity index (χ0v) is 13.2. The van der Waals surface area contributed by atoms with Gasteiger partial charge in [-0.15, -0.1) is 0 Å². The molecular formula is C14H17Cl2N3O2. The number of benzene rings is 1. The van der Waals surface area contributed by atoms with Crippen LogP contribution in [-0.2, 0) is 9.59 Å². The SMILES string of the molecule is C[C@@H](NC(=O)CN1CCNC(=O)C1)c1ccc(Cl)cc1Cl. The zero-order valence-electron chi connectivity index (χ0n) is 11.7. The van der Waals surface area contributed by atoms with Gasteiger partial charge in [0.25, 0.3) is 0 Å². The second-order valence-corrected chi connectivity index (χ2v) is 5.86. The van der Waals surface area contributed by atoms with Crippen molar-refractivity contribution < 1.29 is 9.59 Å². The maximum Gasteiger partial charge on any atom is 0.234 e. The zero-order chi connectivity index (χ0) is 15.4. The van der Waals surface area contributed by atoms with Gasteiger partial charge in [0.2, 0.25) is 11.8 Å². The van der Waals surface area contributed by atoms with Crippen molar-refractivity contribution in [2.45, 2.75) is 13.0 Å². The monoisotopic (exact) mass is 329 g/mol. The molecule has 21 heavy (non-hydrogen) atoms. The lowest BCUT2D eigenvalue weighted by Gasteiger charge is -2.26. The summed E-state index contributed by atoms with van der Waals surface area (Å²) in [6, 6.07) is 4.96. The molecule has 1 aliphatic heterocycles.